The third kappa shape index (κ3) is 3.45. The van der Waals surface area contributed by atoms with Gasteiger partial charge in [0.05, 0.1) is 6.54 Å². The molecule has 25 heavy (non-hydrogen) atoms. The van der Waals surface area contributed by atoms with Crippen molar-refractivity contribution in [2.75, 3.05) is 6.61 Å². The van der Waals surface area contributed by atoms with E-state index >= 15 is 0 Å². The Morgan fingerprint density at radius 1 is 1.24 bits per heavy atom. The van der Waals surface area contributed by atoms with Crippen molar-refractivity contribution in [1.82, 2.24) is 14.7 Å². The Bertz CT molecular complexity index is 929. The molecule has 1 saturated carbocycles. The lowest BCUT2D eigenvalue weighted by Gasteiger charge is -2.08. The van der Waals surface area contributed by atoms with Gasteiger partial charge in [0.15, 0.2) is 5.82 Å². The first-order valence-electron chi connectivity index (χ1n) is 8.12. The van der Waals surface area contributed by atoms with Crippen molar-refractivity contribution in [2.45, 2.75) is 25.3 Å². The minimum absolute atomic E-state index is 0.212. The van der Waals surface area contributed by atoms with Crippen LogP contribution in [0.15, 0.2) is 51.9 Å². The van der Waals surface area contributed by atoms with Crippen molar-refractivity contribution in [2.24, 2.45) is 0 Å². The molecule has 128 valence electrons. The van der Waals surface area contributed by atoms with E-state index in [0.717, 1.165) is 12.8 Å². The summed E-state index contributed by atoms with van der Waals surface area (Å²) in [6.07, 6.45) is 3.81. The Labute approximate surface area is 142 Å². The Kier molecular flexibility index (Phi) is 4.05. The monoisotopic (exact) mass is 341 g/mol. The van der Waals surface area contributed by atoms with Gasteiger partial charge >= 0.3 is 0 Å². The van der Waals surface area contributed by atoms with Crippen LogP contribution in [-0.4, -0.2) is 21.3 Å². The van der Waals surface area contributed by atoms with Crippen LogP contribution in [0.3, 0.4) is 0 Å². The van der Waals surface area contributed by atoms with E-state index in [0.29, 0.717) is 29.6 Å². The van der Waals surface area contributed by atoms with Gasteiger partial charge in [-0.2, -0.15) is 4.98 Å². The van der Waals surface area contributed by atoms with Crippen LogP contribution in [-0.2, 0) is 6.54 Å². The van der Waals surface area contributed by atoms with E-state index < -0.39 is 0 Å². The summed E-state index contributed by atoms with van der Waals surface area (Å²) < 4.78 is 25.2. The standard InChI is InChI=1S/C18H16FN3O3/c19-13-5-7-14(8-6-13)24-11-10-22-9-1-2-15(18(22)23)17-20-16(21-25-17)12-3-4-12/h1-2,5-9,12H,3-4,10-11H2. The minimum atomic E-state index is -0.318. The maximum absolute atomic E-state index is 12.9. The zero-order chi connectivity index (χ0) is 17.2. The van der Waals surface area contributed by atoms with Crippen molar-refractivity contribution in [1.29, 1.82) is 0 Å². The lowest BCUT2D eigenvalue weighted by molar-refractivity contribution is 0.296. The smallest absolute Gasteiger partial charge is 0.263 e. The molecular weight excluding hydrogens is 325 g/mol. The van der Waals surface area contributed by atoms with Crippen molar-refractivity contribution in [3.8, 4) is 17.2 Å². The van der Waals surface area contributed by atoms with Crippen LogP contribution in [0.1, 0.15) is 24.6 Å². The van der Waals surface area contributed by atoms with Gasteiger partial charge in [0, 0.05) is 12.1 Å². The molecule has 0 aliphatic heterocycles. The third-order valence-corrected chi connectivity index (χ3v) is 4.05. The molecule has 1 aromatic carbocycles. The van der Waals surface area contributed by atoms with Crippen molar-refractivity contribution in [3.05, 3.63) is 64.6 Å². The molecule has 0 unspecified atom stereocenters. The summed E-state index contributed by atoms with van der Waals surface area (Å²) in [7, 11) is 0. The highest BCUT2D eigenvalue weighted by molar-refractivity contribution is 5.50. The second kappa shape index (κ2) is 6.51. The summed E-state index contributed by atoms with van der Waals surface area (Å²) in [5, 5.41) is 3.94. The number of rotatable bonds is 6. The van der Waals surface area contributed by atoms with Gasteiger partial charge in [0.2, 0.25) is 0 Å². The molecule has 0 amide bonds. The summed E-state index contributed by atoms with van der Waals surface area (Å²) in [6, 6.07) is 9.18. The molecule has 1 aliphatic rings. The van der Waals surface area contributed by atoms with E-state index in [-0.39, 0.29) is 23.9 Å². The van der Waals surface area contributed by atoms with E-state index in [1.54, 1.807) is 30.5 Å². The molecule has 0 spiro atoms. The van der Waals surface area contributed by atoms with Gasteiger partial charge in [-0.25, -0.2) is 4.39 Å². The van der Waals surface area contributed by atoms with Gasteiger partial charge in [-0.15, -0.1) is 0 Å². The lowest BCUT2D eigenvalue weighted by Crippen LogP contribution is -2.23. The Hall–Kier alpha value is -2.96. The number of pyridine rings is 1. The molecule has 3 aromatic rings. The molecule has 0 bridgehead atoms. The van der Waals surface area contributed by atoms with Gasteiger partial charge in [0.1, 0.15) is 23.7 Å². The maximum Gasteiger partial charge on any atom is 0.263 e. The van der Waals surface area contributed by atoms with Crippen LogP contribution >= 0.6 is 0 Å². The average molecular weight is 341 g/mol. The minimum Gasteiger partial charge on any atom is -0.492 e. The molecule has 2 aromatic heterocycles. The topological polar surface area (TPSA) is 70.2 Å². The van der Waals surface area contributed by atoms with Crippen molar-refractivity contribution < 1.29 is 13.7 Å². The molecule has 0 saturated heterocycles. The van der Waals surface area contributed by atoms with Crippen molar-refractivity contribution >= 4 is 0 Å². The van der Waals surface area contributed by atoms with Gasteiger partial charge in [0.25, 0.3) is 11.4 Å². The molecular formula is C18H16FN3O3. The zero-order valence-corrected chi connectivity index (χ0v) is 13.4. The van der Waals surface area contributed by atoms with Crippen LogP contribution in [0, 0.1) is 5.82 Å². The van der Waals surface area contributed by atoms with Crippen LogP contribution in [0.4, 0.5) is 4.39 Å². The molecule has 1 fully saturated rings. The van der Waals surface area contributed by atoms with Crippen LogP contribution < -0.4 is 10.3 Å². The molecule has 1 aliphatic carbocycles. The number of benzene rings is 1. The first-order chi connectivity index (χ1) is 12.2. The number of hydrogen-bond acceptors (Lipinski definition) is 5. The summed E-state index contributed by atoms with van der Waals surface area (Å²) >= 11 is 0. The zero-order valence-electron chi connectivity index (χ0n) is 13.4. The fourth-order valence-electron chi connectivity index (χ4n) is 2.52. The fourth-order valence-corrected chi connectivity index (χ4v) is 2.52. The number of halogens is 1. The Morgan fingerprint density at radius 3 is 2.80 bits per heavy atom. The third-order valence-electron chi connectivity index (χ3n) is 4.05. The van der Waals surface area contributed by atoms with Gasteiger partial charge < -0.3 is 13.8 Å². The lowest BCUT2D eigenvalue weighted by atomic mass is 10.2. The molecule has 0 radical (unpaired) electrons. The predicted octanol–water partition coefficient (Wildman–Crippen LogP) is 2.99. The van der Waals surface area contributed by atoms with Gasteiger partial charge in [-0.1, -0.05) is 5.16 Å². The molecule has 6 nitrogen and oxygen atoms in total. The van der Waals surface area contributed by atoms with Gasteiger partial charge in [-0.05, 0) is 49.2 Å². The van der Waals surface area contributed by atoms with E-state index in [1.165, 1.54) is 16.7 Å². The summed E-state index contributed by atoms with van der Waals surface area (Å²) in [5.41, 5.74) is 0.167. The highest BCUT2D eigenvalue weighted by Gasteiger charge is 2.29. The summed E-state index contributed by atoms with van der Waals surface area (Å²) in [5.74, 6) is 1.52. The fraction of sp³-hybridized carbons (Fsp3) is 0.278. The number of hydrogen-bond donors (Lipinski definition) is 0. The largest absolute Gasteiger partial charge is 0.492 e. The average Bonchev–Trinajstić information content (AvgIpc) is 3.36. The number of ether oxygens (including phenoxy) is 1. The summed E-state index contributed by atoms with van der Waals surface area (Å²) in [6.45, 7) is 0.639. The normalized spacial score (nSPS) is 13.8. The molecule has 0 N–H and O–H groups in total. The van der Waals surface area contributed by atoms with Crippen LogP contribution in [0.2, 0.25) is 0 Å². The van der Waals surface area contributed by atoms with Gasteiger partial charge in [-0.3, -0.25) is 4.79 Å². The number of aromatic nitrogens is 3. The molecule has 0 atom stereocenters. The SMILES string of the molecule is O=c1c(-c2nc(C3CC3)no2)cccn1CCOc1ccc(F)cc1. The molecule has 4 rings (SSSR count). The first-order valence-corrected chi connectivity index (χ1v) is 8.12. The molecule has 2 heterocycles. The second-order valence-electron chi connectivity index (χ2n) is 5.95. The highest BCUT2D eigenvalue weighted by Crippen LogP contribution is 2.38. The van der Waals surface area contributed by atoms with E-state index in [9.17, 15) is 9.18 Å². The van der Waals surface area contributed by atoms with E-state index in [2.05, 4.69) is 10.1 Å². The van der Waals surface area contributed by atoms with E-state index in [4.69, 9.17) is 9.26 Å². The second-order valence-corrected chi connectivity index (χ2v) is 5.95. The summed E-state index contributed by atoms with van der Waals surface area (Å²) in [4.78, 5) is 16.9. The first kappa shape index (κ1) is 15.6. The van der Waals surface area contributed by atoms with E-state index in [1.807, 2.05) is 0 Å². The maximum atomic E-state index is 12.9. The quantitative estimate of drug-likeness (QED) is 0.689. The van der Waals surface area contributed by atoms with Crippen molar-refractivity contribution in [3.63, 3.8) is 0 Å². The predicted molar refractivity (Wildman–Crippen MR) is 87.9 cm³/mol. The Balaban J connectivity index is 1.46. The number of nitrogens with zero attached hydrogens (tertiary/aromatic N) is 3. The Morgan fingerprint density at radius 2 is 2.04 bits per heavy atom. The van der Waals surface area contributed by atoms with Crippen LogP contribution in [0.5, 0.6) is 5.75 Å². The highest BCUT2D eigenvalue weighted by atomic mass is 19.1. The van der Waals surface area contributed by atoms with Crippen LogP contribution in [0.25, 0.3) is 11.5 Å². The molecule has 7 heteroatoms.